The molecule has 1 aromatic carbocycles. The van der Waals surface area contributed by atoms with Crippen molar-refractivity contribution in [3.63, 3.8) is 0 Å². The van der Waals surface area contributed by atoms with Gasteiger partial charge in [-0.1, -0.05) is 43.1 Å². The zero-order valence-corrected chi connectivity index (χ0v) is 11.4. The summed E-state index contributed by atoms with van der Waals surface area (Å²) in [5, 5.41) is 4.89. The highest BCUT2D eigenvalue weighted by atomic mass is 35.5. The summed E-state index contributed by atoms with van der Waals surface area (Å²) in [6.07, 6.45) is 2.10. The van der Waals surface area contributed by atoms with Crippen LogP contribution in [0.2, 0.25) is 10.0 Å². The predicted octanol–water partition coefficient (Wildman–Crippen LogP) is 4.17. The Balaban J connectivity index is 2.52. The van der Waals surface area contributed by atoms with Gasteiger partial charge in [-0.3, -0.25) is 0 Å². The van der Waals surface area contributed by atoms with E-state index in [1.165, 1.54) is 0 Å². The smallest absolute Gasteiger partial charge is 0.0452 e. The number of nitrogens with one attached hydrogen (secondary N) is 1. The highest BCUT2D eigenvalue weighted by Gasteiger charge is 2.09. The van der Waals surface area contributed by atoms with E-state index in [4.69, 9.17) is 23.2 Å². The normalized spacial score (nSPS) is 12.8. The molecule has 1 unspecified atom stereocenters. The van der Waals surface area contributed by atoms with Crippen LogP contribution in [0.5, 0.6) is 0 Å². The lowest BCUT2D eigenvalue weighted by Gasteiger charge is -2.13. The maximum absolute atomic E-state index is 6.13. The highest BCUT2D eigenvalue weighted by Crippen LogP contribution is 2.27. The molecule has 1 rings (SSSR count). The Bertz CT molecular complexity index is 305. The molecule has 0 aromatic heterocycles. The summed E-state index contributed by atoms with van der Waals surface area (Å²) in [4.78, 5) is 0. The van der Waals surface area contributed by atoms with Gasteiger partial charge in [0, 0.05) is 10.0 Å². The largest absolute Gasteiger partial charge is 0.317 e. The number of halogens is 2. The fraction of sp³-hybridized carbons (Fsp3) is 0.538. The summed E-state index contributed by atoms with van der Waals surface area (Å²) in [6, 6.07) is 5.69. The molecule has 0 radical (unpaired) electrons. The van der Waals surface area contributed by atoms with Gasteiger partial charge in [0.2, 0.25) is 0 Å². The Hall–Kier alpha value is -0.240. The molecule has 3 heteroatoms. The Morgan fingerprint density at radius 2 is 1.88 bits per heavy atom. The lowest BCUT2D eigenvalue weighted by atomic mass is 9.98. The summed E-state index contributed by atoms with van der Waals surface area (Å²) in [5.74, 6) is 0.594. The molecular weight excluding hydrogens is 241 g/mol. The molecule has 0 aliphatic rings. The summed E-state index contributed by atoms with van der Waals surface area (Å²) in [7, 11) is 0. The maximum Gasteiger partial charge on any atom is 0.0452 e. The van der Waals surface area contributed by atoms with Crippen LogP contribution in [-0.4, -0.2) is 13.1 Å². The minimum atomic E-state index is 0.594. The molecule has 0 aliphatic carbocycles. The first-order valence-electron chi connectivity index (χ1n) is 5.78. The second kappa shape index (κ2) is 7.16. The topological polar surface area (TPSA) is 12.0 Å². The van der Waals surface area contributed by atoms with Crippen LogP contribution in [0.15, 0.2) is 18.2 Å². The molecule has 0 aliphatic heterocycles. The minimum absolute atomic E-state index is 0.594. The fourth-order valence-corrected chi connectivity index (χ4v) is 2.25. The van der Waals surface area contributed by atoms with Crippen molar-refractivity contribution in [2.75, 3.05) is 13.1 Å². The van der Waals surface area contributed by atoms with Crippen LogP contribution in [0.3, 0.4) is 0 Å². The lowest BCUT2D eigenvalue weighted by Crippen LogP contribution is -2.17. The van der Waals surface area contributed by atoms with Crippen LogP contribution < -0.4 is 5.32 Å². The zero-order chi connectivity index (χ0) is 12.0. The first kappa shape index (κ1) is 13.8. The molecule has 1 nitrogen and oxygen atoms in total. The van der Waals surface area contributed by atoms with E-state index < -0.39 is 0 Å². The van der Waals surface area contributed by atoms with Gasteiger partial charge in [-0.05, 0) is 49.5 Å². The second-order valence-corrected chi connectivity index (χ2v) is 4.97. The zero-order valence-electron chi connectivity index (χ0n) is 9.89. The quantitative estimate of drug-likeness (QED) is 0.757. The van der Waals surface area contributed by atoms with E-state index in [0.29, 0.717) is 5.92 Å². The van der Waals surface area contributed by atoms with Gasteiger partial charge >= 0.3 is 0 Å². The molecule has 16 heavy (non-hydrogen) atoms. The van der Waals surface area contributed by atoms with Gasteiger partial charge in [0.1, 0.15) is 0 Å². The minimum Gasteiger partial charge on any atom is -0.317 e. The van der Waals surface area contributed by atoms with E-state index in [9.17, 15) is 0 Å². The van der Waals surface area contributed by atoms with Gasteiger partial charge in [-0.25, -0.2) is 0 Å². The van der Waals surface area contributed by atoms with Crippen molar-refractivity contribution in [2.45, 2.75) is 26.7 Å². The van der Waals surface area contributed by atoms with Gasteiger partial charge < -0.3 is 5.32 Å². The average molecular weight is 260 g/mol. The summed E-state index contributed by atoms with van der Waals surface area (Å²) in [5.41, 5.74) is 1.08. The molecule has 1 aromatic rings. The molecule has 1 N–H and O–H groups in total. The third-order valence-corrected chi connectivity index (χ3v) is 3.39. The molecule has 0 amide bonds. The molecule has 1 atom stereocenters. The molecule has 0 saturated heterocycles. The third-order valence-electron chi connectivity index (χ3n) is 2.68. The first-order valence-corrected chi connectivity index (χ1v) is 6.54. The van der Waals surface area contributed by atoms with Crippen molar-refractivity contribution < 1.29 is 0 Å². The molecule has 0 bridgehead atoms. The van der Waals surface area contributed by atoms with E-state index in [0.717, 1.165) is 41.5 Å². The molecule has 90 valence electrons. The Labute approximate surface area is 108 Å². The van der Waals surface area contributed by atoms with Crippen molar-refractivity contribution in [1.82, 2.24) is 5.32 Å². The highest BCUT2D eigenvalue weighted by molar-refractivity contribution is 6.35. The van der Waals surface area contributed by atoms with E-state index in [2.05, 4.69) is 19.2 Å². The van der Waals surface area contributed by atoms with E-state index in [1.807, 2.05) is 18.2 Å². The van der Waals surface area contributed by atoms with Gasteiger partial charge in [0.25, 0.3) is 0 Å². The van der Waals surface area contributed by atoms with Crippen LogP contribution in [0.1, 0.15) is 25.8 Å². The van der Waals surface area contributed by atoms with Crippen LogP contribution in [0, 0.1) is 5.92 Å². The number of benzene rings is 1. The third kappa shape index (κ3) is 4.32. The van der Waals surface area contributed by atoms with Crippen LogP contribution in [-0.2, 0) is 6.42 Å². The summed E-state index contributed by atoms with van der Waals surface area (Å²) >= 11 is 12.3. The van der Waals surface area contributed by atoms with Gasteiger partial charge in [-0.15, -0.1) is 0 Å². The van der Waals surface area contributed by atoms with Crippen molar-refractivity contribution in [2.24, 2.45) is 5.92 Å². The van der Waals surface area contributed by atoms with Crippen LogP contribution in [0.4, 0.5) is 0 Å². The summed E-state index contributed by atoms with van der Waals surface area (Å²) < 4.78 is 0. The van der Waals surface area contributed by atoms with E-state index in [1.54, 1.807) is 0 Å². The molecule has 0 saturated carbocycles. The van der Waals surface area contributed by atoms with Gasteiger partial charge in [0.15, 0.2) is 0 Å². The molecule has 0 fully saturated rings. The number of hydrogen-bond acceptors (Lipinski definition) is 1. The number of hydrogen-bond donors (Lipinski definition) is 1. The summed E-state index contributed by atoms with van der Waals surface area (Å²) in [6.45, 7) is 6.44. The van der Waals surface area contributed by atoms with Crippen molar-refractivity contribution in [3.05, 3.63) is 33.8 Å². The standard InChI is InChI=1S/C13H19Cl2N/c1-3-16-8-7-10(2)9-11-12(14)5-4-6-13(11)15/h4-6,10,16H,3,7-9H2,1-2H3. The van der Waals surface area contributed by atoms with Crippen molar-refractivity contribution in [3.8, 4) is 0 Å². The Morgan fingerprint density at radius 1 is 1.25 bits per heavy atom. The van der Waals surface area contributed by atoms with Crippen molar-refractivity contribution >= 4 is 23.2 Å². The van der Waals surface area contributed by atoms with Gasteiger partial charge in [-0.2, -0.15) is 0 Å². The fourth-order valence-electron chi connectivity index (χ4n) is 1.70. The van der Waals surface area contributed by atoms with Gasteiger partial charge in [0.05, 0.1) is 0 Å². The van der Waals surface area contributed by atoms with Crippen LogP contribution in [0.25, 0.3) is 0 Å². The predicted molar refractivity (Wildman–Crippen MR) is 72.5 cm³/mol. The average Bonchev–Trinajstić information content (AvgIpc) is 2.24. The molecule has 0 heterocycles. The SMILES string of the molecule is CCNCCC(C)Cc1c(Cl)cccc1Cl. The monoisotopic (exact) mass is 259 g/mol. The molecular formula is C13H19Cl2N. The van der Waals surface area contributed by atoms with Crippen LogP contribution >= 0.6 is 23.2 Å². The second-order valence-electron chi connectivity index (χ2n) is 4.15. The maximum atomic E-state index is 6.13. The van der Waals surface area contributed by atoms with Crippen molar-refractivity contribution in [1.29, 1.82) is 0 Å². The number of rotatable bonds is 6. The first-order chi connectivity index (χ1) is 7.65. The lowest BCUT2D eigenvalue weighted by molar-refractivity contribution is 0.504. The van der Waals surface area contributed by atoms with E-state index >= 15 is 0 Å². The molecule has 0 spiro atoms. The Morgan fingerprint density at radius 3 is 2.44 bits per heavy atom. The van der Waals surface area contributed by atoms with E-state index in [-0.39, 0.29) is 0 Å². The Kier molecular flexibility index (Phi) is 6.18.